The van der Waals surface area contributed by atoms with Crippen molar-refractivity contribution >= 4 is 29.7 Å². The number of thiophene rings is 1. The molecule has 1 aliphatic heterocycles. The lowest BCUT2D eigenvalue weighted by atomic mass is 10.1. The van der Waals surface area contributed by atoms with Crippen LogP contribution in [0.3, 0.4) is 0 Å². The SMILES string of the molecule is CNC1CCN(C(=O)c2sc(-c3ccccc3)cc2OC)CC1.Cl. The van der Waals surface area contributed by atoms with Gasteiger partial charge in [-0.25, -0.2) is 0 Å². The minimum absolute atomic E-state index is 0. The van der Waals surface area contributed by atoms with Crippen molar-refractivity contribution in [3.8, 4) is 16.2 Å². The molecule has 24 heavy (non-hydrogen) atoms. The van der Waals surface area contributed by atoms with Crippen molar-refractivity contribution in [3.05, 3.63) is 41.3 Å². The number of carbonyl (C=O) groups excluding carboxylic acids is 1. The molecule has 0 bridgehead atoms. The Labute approximate surface area is 153 Å². The van der Waals surface area contributed by atoms with Gasteiger partial charge in [0.05, 0.1) is 7.11 Å². The van der Waals surface area contributed by atoms with Gasteiger partial charge in [0.15, 0.2) is 0 Å². The molecule has 2 heterocycles. The van der Waals surface area contributed by atoms with Gasteiger partial charge in [0, 0.05) is 24.0 Å². The molecule has 1 saturated heterocycles. The van der Waals surface area contributed by atoms with Crippen LogP contribution in [0.25, 0.3) is 10.4 Å². The van der Waals surface area contributed by atoms with Crippen LogP contribution in [0.5, 0.6) is 5.75 Å². The largest absolute Gasteiger partial charge is 0.495 e. The number of carbonyl (C=O) groups is 1. The molecule has 1 aromatic heterocycles. The summed E-state index contributed by atoms with van der Waals surface area (Å²) in [7, 11) is 3.61. The van der Waals surface area contributed by atoms with Crippen LogP contribution in [-0.2, 0) is 0 Å². The smallest absolute Gasteiger partial charge is 0.267 e. The first-order chi connectivity index (χ1) is 11.2. The van der Waals surface area contributed by atoms with Crippen LogP contribution in [0.4, 0.5) is 0 Å². The van der Waals surface area contributed by atoms with E-state index in [9.17, 15) is 4.79 Å². The summed E-state index contributed by atoms with van der Waals surface area (Å²) in [5.74, 6) is 0.762. The van der Waals surface area contributed by atoms with Crippen molar-refractivity contribution < 1.29 is 9.53 Å². The van der Waals surface area contributed by atoms with Crippen molar-refractivity contribution in [1.82, 2.24) is 10.2 Å². The van der Waals surface area contributed by atoms with E-state index in [0.717, 1.165) is 36.4 Å². The van der Waals surface area contributed by atoms with Crippen LogP contribution >= 0.6 is 23.7 Å². The molecule has 1 amide bonds. The van der Waals surface area contributed by atoms with Crippen LogP contribution in [0, 0.1) is 0 Å². The zero-order valence-corrected chi connectivity index (χ0v) is 15.6. The predicted octanol–water partition coefficient (Wildman–Crippen LogP) is 3.67. The molecule has 3 rings (SSSR count). The van der Waals surface area contributed by atoms with Gasteiger partial charge in [-0.2, -0.15) is 0 Å². The molecule has 0 radical (unpaired) electrons. The first-order valence-corrected chi connectivity index (χ1v) is 8.74. The highest BCUT2D eigenvalue weighted by Crippen LogP contribution is 2.37. The number of hydrogen-bond acceptors (Lipinski definition) is 4. The summed E-state index contributed by atoms with van der Waals surface area (Å²) in [4.78, 5) is 16.6. The van der Waals surface area contributed by atoms with E-state index >= 15 is 0 Å². The van der Waals surface area contributed by atoms with Gasteiger partial charge in [0.2, 0.25) is 0 Å². The molecule has 1 fully saturated rings. The molecule has 0 saturated carbocycles. The minimum atomic E-state index is 0. The van der Waals surface area contributed by atoms with Crippen LogP contribution in [0.1, 0.15) is 22.5 Å². The molecular formula is C18H23ClN2O2S. The number of piperidine rings is 1. The Kier molecular flexibility index (Phi) is 6.66. The fourth-order valence-corrected chi connectivity index (χ4v) is 4.03. The topological polar surface area (TPSA) is 41.6 Å². The number of amides is 1. The van der Waals surface area contributed by atoms with E-state index in [4.69, 9.17) is 4.74 Å². The maximum Gasteiger partial charge on any atom is 0.267 e. The lowest BCUT2D eigenvalue weighted by Gasteiger charge is -2.31. The number of nitrogens with zero attached hydrogens (tertiary/aromatic N) is 1. The molecule has 0 aliphatic carbocycles. The van der Waals surface area contributed by atoms with Gasteiger partial charge in [-0.15, -0.1) is 23.7 Å². The third-order valence-corrected chi connectivity index (χ3v) is 5.51. The number of methoxy groups -OCH3 is 1. The highest BCUT2D eigenvalue weighted by atomic mass is 35.5. The van der Waals surface area contributed by atoms with Crippen molar-refractivity contribution in [2.45, 2.75) is 18.9 Å². The Morgan fingerprint density at radius 3 is 2.50 bits per heavy atom. The number of ether oxygens (including phenoxy) is 1. The molecule has 1 N–H and O–H groups in total. The van der Waals surface area contributed by atoms with Crippen LogP contribution in [-0.4, -0.2) is 44.1 Å². The van der Waals surface area contributed by atoms with E-state index in [1.165, 1.54) is 11.3 Å². The number of hydrogen-bond donors (Lipinski definition) is 1. The summed E-state index contributed by atoms with van der Waals surface area (Å²) in [5.41, 5.74) is 1.11. The minimum Gasteiger partial charge on any atom is -0.495 e. The molecule has 0 unspecified atom stereocenters. The average molecular weight is 367 g/mol. The fourth-order valence-electron chi connectivity index (χ4n) is 2.93. The maximum absolute atomic E-state index is 12.9. The van der Waals surface area contributed by atoms with E-state index in [1.807, 2.05) is 36.2 Å². The van der Waals surface area contributed by atoms with Gasteiger partial charge >= 0.3 is 0 Å². The highest BCUT2D eigenvalue weighted by molar-refractivity contribution is 7.17. The van der Waals surface area contributed by atoms with Crippen LogP contribution in [0.15, 0.2) is 36.4 Å². The summed E-state index contributed by atoms with van der Waals surface area (Å²) in [6.45, 7) is 1.60. The third-order valence-electron chi connectivity index (χ3n) is 4.36. The molecule has 1 aromatic carbocycles. The molecule has 0 spiro atoms. The van der Waals surface area contributed by atoms with Crippen LogP contribution in [0.2, 0.25) is 0 Å². The van der Waals surface area contributed by atoms with E-state index in [2.05, 4.69) is 17.4 Å². The zero-order valence-electron chi connectivity index (χ0n) is 14.0. The van der Waals surface area contributed by atoms with Crippen LogP contribution < -0.4 is 10.1 Å². The number of rotatable bonds is 4. The molecule has 0 atom stereocenters. The summed E-state index contributed by atoms with van der Waals surface area (Å²) in [6, 6.07) is 12.6. The normalized spacial score (nSPS) is 15.0. The quantitative estimate of drug-likeness (QED) is 0.897. The lowest BCUT2D eigenvalue weighted by molar-refractivity contribution is 0.0709. The summed E-state index contributed by atoms with van der Waals surface area (Å²) in [6.07, 6.45) is 2.00. The van der Waals surface area contributed by atoms with Gasteiger partial charge in [-0.05, 0) is 31.5 Å². The average Bonchev–Trinajstić information content (AvgIpc) is 3.06. The van der Waals surface area contributed by atoms with Crippen molar-refractivity contribution in [2.24, 2.45) is 0 Å². The van der Waals surface area contributed by atoms with Crippen molar-refractivity contribution in [1.29, 1.82) is 0 Å². The van der Waals surface area contributed by atoms with Crippen molar-refractivity contribution in [3.63, 3.8) is 0 Å². The van der Waals surface area contributed by atoms with E-state index < -0.39 is 0 Å². The Hall–Kier alpha value is -1.56. The number of likely N-dealkylation sites (tertiary alicyclic amines) is 1. The van der Waals surface area contributed by atoms with E-state index in [1.54, 1.807) is 7.11 Å². The summed E-state index contributed by atoms with van der Waals surface area (Å²) in [5, 5.41) is 3.29. The standard InChI is InChI=1S/C18H22N2O2S.ClH/c1-19-14-8-10-20(11-9-14)18(21)17-15(22-2)12-16(23-17)13-6-4-3-5-7-13;/h3-7,12,14,19H,8-11H2,1-2H3;1H. The number of benzene rings is 1. The highest BCUT2D eigenvalue weighted by Gasteiger charge is 2.26. The maximum atomic E-state index is 12.9. The molecular weight excluding hydrogens is 344 g/mol. The Morgan fingerprint density at radius 2 is 1.92 bits per heavy atom. The molecule has 1 aliphatic rings. The molecule has 130 valence electrons. The molecule has 2 aromatic rings. The predicted molar refractivity (Wildman–Crippen MR) is 102 cm³/mol. The van der Waals surface area contributed by atoms with Gasteiger partial charge in [0.1, 0.15) is 10.6 Å². The number of nitrogens with one attached hydrogen (secondary N) is 1. The van der Waals surface area contributed by atoms with Gasteiger partial charge in [-0.3, -0.25) is 4.79 Å². The van der Waals surface area contributed by atoms with E-state index in [-0.39, 0.29) is 18.3 Å². The van der Waals surface area contributed by atoms with Crippen molar-refractivity contribution in [2.75, 3.05) is 27.2 Å². The second-order valence-corrected chi connectivity index (χ2v) is 6.78. The van der Waals surface area contributed by atoms with Gasteiger partial charge < -0.3 is 15.0 Å². The third kappa shape index (κ3) is 3.91. The second-order valence-electron chi connectivity index (χ2n) is 5.73. The Balaban J connectivity index is 0.00000208. The first kappa shape index (κ1) is 18.8. The second kappa shape index (κ2) is 8.51. The molecule has 6 heteroatoms. The number of halogens is 1. The zero-order chi connectivity index (χ0) is 16.2. The summed E-state index contributed by atoms with van der Waals surface area (Å²) >= 11 is 1.51. The summed E-state index contributed by atoms with van der Waals surface area (Å²) < 4.78 is 5.45. The fraction of sp³-hybridized carbons (Fsp3) is 0.389. The Bertz CT molecular complexity index is 667. The molecule has 4 nitrogen and oxygen atoms in total. The van der Waals surface area contributed by atoms with Gasteiger partial charge in [0.25, 0.3) is 5.91 Å². The van der Waals surface area contributed by atoms with Gasteiger partial charge in [-0.1, -0.05) is 30.3 Å². The lowest BCUT2D eigenvalue weighted by Crippen LogP contribution is -2.43. The Morgan fingerprint density at radius 1 is 1.25 bits per heavy atom. The first-order valence-electron chi connectivity index (χ1n) is 7.92. The monoisotopic (exact) mass is 366 g/mol. The van der Waals surface area contributed by atoms with E-state index in [0.29, 0.717) is 16.7 Å².